The van der Waals surface area contributed by atoms with Crippen molar-refractivity contribution in [2.75, 3.05) is 0 Å². The van der Waals surface area contributed by atoms with E-state index in [1.165, 1.54) is 6.92 Å². The van der Waals surface area contributed by atoms with Crippen LogP contribution in [0.5, 0.6) is 0 Å². The van der Waals surface area contributed by atoms with Crippen molar-refractivity contribution >= 4 is 11.6 Å². The Morgan fingerprint density at radius 1 is 1.20 bits per heavy atom. The van der Waals surface area contributed by atoms with Gasteiger partial charge in [0.15, 0.2) is 5.78 Å². The van der Waals surface area contributed by atoms with Crippen molar-refractivity contribution in [2.24, 2.45) is 34.5 Å². The van der Waals surface area contributed by atoms with E-state index in [1.54, 1.807) is 0 Å². The van der Waals surface area contributed by atoms with Crippen molar-refractivity contribution in [2.45, 2.75) is 71.0 Å². The maximum Gasteiger partial charge on any atom is 0.161 e. The molecule has 1 unspecified atom stereocenters. The lowest BCUT2D eigenvalue weighted by atomic mass is 9.45. The van der Waals surface area contributed by atoms with Crippen LogP contribution in [-0.4, -0.2) is 33.5 Å². The maximum absolute atomic E-state index is 12.9. The molecule has 0 bridgehead atoms. The summed E-state index contributed by atoms with van der Waals surface area (Å²) >= 11 is 0. The van der Waals surface area contributed by atoms with Crippen LogP contribution in [0.15, 0.2) is 12.2 Å². The monoisotopic (exact) mass is 346 g/mol. The van der Waals surface area contributed by atoms with Gasteiger partial charge in [-0.25, -0.2) is 0 Å². The number of allylic oxidation sites excluding steroid dienone is 1. The lowest BCUT2D eigenvalue weighted by Gasteiger charge is -2.59. The van der Waals surface area contributed by atoms with Gasteiger partial charge in [0.05, 0.1) is 6.10 Å². The van der Waals surface area contributed by atoms with Crippen LogP contribution >= 0.6 is 0 Å². The van der Waals surface area contributed by atoms with E-state index in [2.05, 4.69) is 19.9 Å². The van der Waals surface area contributed by atoms with Crippen LogP contribution in [0.2, 0.25) is 0 Å². The molecule has 0 saturated heterocycles. The highest BCUT2D eigenvalue weighted by Gasteiger charge is 2.66. The Hall–Kier alpha value is -1.00. The molecule has 3 saturated carbocycles. The van der Waals surface area contributed by atoms with Crippen LogP contribution in [0.1, 0.15) is 59.3 Å². The first kappa shape index (κ1) is 17.4. The molecule has 0 aromatic carbocycles. The fourth-order valence-corrected chi connectivity index (χ4v) is 7.18. The van der Waals surface area contributed by atoms with E-state index in [1.807, 2.05) is 6.08 Å². The average molecular weight is 346 g/mol. The molecule has 4 heteroatoms. The van der Waals surface area contributed by atoms with Gasteiger partial charge in [0.1, 0.15) is 11.4 Å². The second-order valence-corrected chi connectivity index (χ2v) is 9.54. The van der Waals surface area contributed by atoms with Gasteiger partial charge in [-0.3, -0.25) is 9.59 Å². The molecule has 0 spiro atoms. The Balaban J connectivity index is 1.73. The zero-order valence-electron chi connectivity index (χ0n) is 15.5. The molecule has 4 aliphatic rings. The van der Waals surface area contributed by atoms with E-state index in [-0.39, 0.29) is 34.7 Å². The molecule has 0 aromatic rings. The number of hydrogen-bond acceptors (Lipinski definition) is 4. The first-order chi connectivity index (χ1) is 11.6. The molecule has 0 aliphatic heterocycles. The van der Waals surface area contributed by atoms with Crippen LogP contribution in [0, 0.1) is 34.5 Å². The zero-order chi connectivity index (χ0) is 18.2. The van der Waals surface area contributed by atoms with Gasteiger partial charge in [-0.05, 0) is 62.2 Å². The van der Waals surface area contributed by atoms with Crippen molar-refractivity contribution in [3.05, 3.63) is 12.2 Å². The van der Waals surface area contributed by atoms with Crippen LogP contribution in [0.3, 0.4) is 0 Å². The van der Waals surface area contributed by atoms with Crippen LogP contribution in [0.4, 0.5) is 0 Å². The summed E-state index contributed by atoms with van der Waals surface area (Å²) in [7, 11) is 0. The van der Waals surface area contributed by atoms with E-state index >= 15 is 0 Å². The Morgan fingerprint density at radius 2 is 1.88 bits per heavy atom. The molecule has 0 amide bonds. The van der Waals surface area contributed by atoms with Gasteiger partial charge < -0.3 is 10.2 Å². The second kappa shape index (κ2) is 5.26. The number of aliphatic hydroxyl groups excluding tert-OH is 1. The lowest BCUT2D eigenvalue weighted by molar-refractivity contribution is -0.166. The summed E-state index contributed by atoms with van der Waals surface area (Å²) in [5.74, 6) is 0.901. The van der Waals surface area contributed by atoms with E-state index in [0.29, 0.717) is 25.2 Å². The number of Topliss-reactive ketones (excluding diaryl/α,β-unsaturated/α-hetero) is 2. The summed E-state index contributed by atoms with van der Waals surface area (Å²) in [5.41, 5.74) is -1.85. The van der Waals surface area contributed by atoms with Crippen molar-refractivity contribution in [1.29, 1.82) is 0 Å². The van der Waals surface area contributed by atoms with E-state index in [9.17, 15) is 19.8 Å². The largest absolute Gasteiger partial charge is 0.389 e. The Kier molecular flexibility index (Phi) is 3.66. The molecule has 0 radical (unpaired) electrons. The fourth-order valence-electron chi connectivity index (χ4n) is 7.18. The molecule has 3 fully saturated rings. The molecule has 4 aliphatic carbocycles. The summed E-state index contributed by atoms with van der Waals surface area (Å²) in [6.45, 7) is 5.76. The van der Waals surface area contributed by atoms with Gasteiger partial charge in [0.2, 0.25) is 0 Å². The van der Waals surface area contributed by atoms with Gasteiger partial charge in [-0.15, -0.1) is 0 Å². The maximum atomic E-state index is 12.9. The number of rotatable bonds is 1. The number of carbonyl (C=O) groups excluding carboxylic acids is 2. The molecule has 4 nitrogen and oxygen atoms in total. The minimum Gasteiger partial charge on any atom is -0.389 e. The van der Waals surface area contributed by atoms with Crippen molar-refractivity contribution in [1.82, 2.24) is 0 Å². The predicted molar refractivity (Wildman–Crippen MR) is 93.7 cm³/mol. The second-order valence-electron chi connectivity index (χ2n) is 9.54. The average Bonchev–Trinajstić information content (AvgIpc) is 2.83. The standard InChI is InChI=1S/C21H30O4/c1-12(22)21(25)9-6-16-14-11-18(24)17-10-13(23)4-7-19(17,2)15(14)5-8-20(16,21)3/h4,7,13-17,23,25H,5-6,8-11H2,1-3H3/t13-,14-,15+,16+,17?,19-,20+,21+/m1/s1. The van der Waals surface area contributed by atoms with Crippen molar-refractivity contribution in [3.8, 4) is 0 Å². The van der Waals surface area contributed by atoms with E-state index in [4.69, 9.17) is 0 Å². The highest BCUT2D eigenvalue weighted by Crippen LogP contribution is 2.67. The predicted octanol–water partition coefficient (Wildman–Crippen LogP) is 2.67. The quantitative estimate of drug-likeness (QED) is 0.716. The summed E-state index contributed by atoms with van der Waals surface area (Å²) in [4.78, 5) is 25.2. The van der Waals surface area contributed by atoms with Gasteiger partial charge >= 0.3 is 0 Å². The van der Waals surface area contributed by atoms with Crippen molar-refractivity contribution < 1.29 is 19.8 Å². The van der Waals surface area contributed by atoms with Gasteiger partial charge in [0.25, 0.3) is 0 Å². The minimum absolute atomic E-state index is 0.0915. The smallest absolute Gasteiger partial charge is 0.161 e. The Bertz CT molecular complexity index is 654. The minimum atomic E-state index is -1.23. The van der Waals surface area contributed by atoms with Gasteiger partial charge in [-0.2, -0.15) is 0 Å². The highest BCUT2D eigenvalue weighted by atomic mass is 16.3. The summed E-state index contributed by atoms with van der Waals surface area (Å²) < 4.78 is 0. The Morgan fingerprint density at radius 3 is 2.56 bits per heavy atom. The van der Waals surface area contributed by atoms with Crippen LogP contribution in [-0.2, 0) is 9.59 Å². The van der Waals surface area contributed by atoms with Crippen molar-refractivity contribution in [3.63, 3.8) is 0 Å². The normalized spacial score (nSPS) is 54.6. The lowest BCUT2D eigenvalue weighted by Crippen LogP contribution is -2.59. The number of ketones is 2. The molecule has 0 heterocycles. The van der Waals surface area contributed by atoms with E-state index < -0.39 is 17.1 Å². The molecule has 2 N–H and O–H groups in total. The fraction of sp³-hybridized carbons (Fsp3) is 0.810. The molecule has 4 rings (SSSR count). The molecule has 25 heavy (non-hydrogen) atoms. The van der Waals surface area contributed by atoms with E-state index in [0.717, 1.165) is 19.3 Å². The number of fused-ring (bicyclic) bond motifs is 5. The zero-order valence-corrected chi connectivity index (χ0v) is 15.5. The van der Waals surface area contributed by atoms with Crippen LogP contribution < -0.4 is 0 Å². The third-order valence-electron chi connectivity index (χ3n) is 8.70. The summed E-state index contributed by atoms with van der Waals surface area (Å²) in [6.07, 6.45) is 7.64. The highest BCUT2D eigenvalue weighted by molar-refractivity contribution is 5.87. The summed E-state index contributed by atoms with van der Waals surface area (Å²) in [5, 5.41) is 21.1. The third-order valence-corrected chi connectivity index (χ3v) is 8.70. The molecular formula is C21H30O4. The molecule has 138 valence electrons. The Labute approximate surface area is 149 Å². The first-order valence-corrected chi connectivity index (χ1v) is 9.77. The van der Waals surface area contributed by atoms with Gasteiger partial charge in [0, 0.05) is 17.8 Å². The van der Waals surface area contributed by atoms with Gasteiger partial charge in [-0.1, -0.05) is 26.0 Å². The number of aliphatic hydroxyl groups is 2. The number of carbonyl (C=O) groups is 2. The number of hydrogen-bond donors (Lipinski definition) is 2. The molecular weight excluding hydrogens is 316 g/mol. The summed E-state index contributed by atoms with van der Waals surface area (Å²) in [6, 6.07) is 0. The first-order valence-electron chi connectivity index (χ1n) is 9.77. The van der Waals surface area contributed by atoms with Crippen LogP contribution in [0.25, 0.3) is 0 Å². The topological polar surface area (TPSA) is 74.6 Å². The molecule has 8 atom stereocenters. The molecule has 0 aromatic heterocycles. The SMILES string of the molecule is CC(=O)[C@@]1(O)CC[C@H]2[C@@H]3CC(=O)C4C[C@H](O)C=C[C@]4(C)[C@H]3CC[C@@]21C. The third kappa shape index (κ3) is 2.07.